The van der Waals surface area contributed by atoms with E-state index in [1.54, 1.807) is 11.3 Å². The second-order valence-electron chi connectivity index (χ2n) is 5.40. The van der Waals surface area contributed by atoms with Crippen LogP contribution >= 0.6 is 11.3 Å². The monoisotopic (exact) mass is 301 g/mol. The first kappa shape index (κ1) is 14.3. The topological polar surface area (TPSA) is 38.3 Å². The number of hydrogen-bond donors (Lipinski definition) is 1. The van der Waals surface area contributed by atoms with Crippen LogP contribution in [0.3, 0.4) is 0 Å². The molecule has 2 aromatic rings. The molecule has 0 radical (unpaired) electrons. The smallest absolute Gasteiger partial charge is 0.337 e. The van der Waals surface area contributed by atoms with E-state index in [2.05, 4.69) is 22.1 Å². The van der Waals surface area contributed by atoms with E-state index in [4.69, 9.17) is 4.74 Å². The number of ether oxygens (including phenoxy) is 1. The molecule has 1 saturated heterocycles. The van der Waals surface area contributed by atoms with Crippen molar-refractivity contribution < 1.29 is 9.53 Å². The van der Waals surface area contributed by atoms with E-state index < -0.39 is 0 Å². The third kappa shape index (κ3) is 3.17. The molecule has 0 spiro atoms. The zero-order valence-electron chi connectivity index (χ0n) is 12.0. The molecule has 4 heteroatoms. The summed E-state index contributed by atoms with van der Waals surface area (Å²) in [4.78, 5) is 11.5. The summed E-state index contributed by atoms with van der Waals surface area (Å²) in [7, 11) is 1.41. The second kappa shape index (κ2) is 6.41. The highest BCUT2D eigenvalue weighted by atomic mass is 32.1. The van der Waals surface area contributed by atoms with Crippen molar-refractivity contribution in [1.29, 1.82) is 0 Å². The maximum atomic E-state index is 11.5. The van der Waals surface area contributed by atoms with Gasteiger partial charge in [0.2, 0.25) is 0 Å². The average Bonchev–Trinajstić information content (AvgIpc) is 3.09. The SMILES string of the molecule is COC(=O)c1ccc([C@@H]2CC(c3ccsc3)CCN2)cc1. The molecule has 0 aliphatic carbocycles. The van der Waals surface area contributed by atoms with Gasteiger partial charge >= 0.3 is 5.97 Å². The van der Waals surface area contributed by atoms with Gasteiger partial charge < -0.3 is 10.1 Å². The van der Waals surface area contributed by atoms with Gasteiger partial charge in [0.1, 0.15) is 0 Å². The molecule has 1 N–H and O–H groups in total. The molecule has 2 atom stereocenters. The predicted octanol–water partition coefficient (Wildman–Crippen LogP) is 3.74. The fourth-order valence-corrected chi connectivity index (χ4v) is 3.69. The minimum absolute atomic E-state index is 0.283. The van der Waals surface area contributed by atoms with Crippen LogP contribution in [0.25, 0.3) is 0 Å². The fourth-order valence-electron chi connectivity index (χ4n) is 2.95. The van der Waals surface area contributed by atoms with E-state index in [0.29, 0.717) is 17.5 Å². The van der Waals surface area contributed by atoms with E-state index >= 15 is 0 Å². The number of piperidine rings is 1. The molecule has 0 saturated carbocycles. The molecule has 1 aromatic carbocycles. The lowest BCUT2D eigenvalue weighted by Crippen LogP contribution is -2.30. The van der Waals surface area contributed by atoms with E-state index in [1.807, 2.05) is 24.3 Å². The van der Waals surface area contributed by atoms with Gasteiger partial charge in [0.25, 0.3) is 0 Å². The highest BCUT2D eigenvalue weighted by Crippen LogP contribution is 2.35. The molecule has 0 amide bonds. The molecule has 1 aliphatic rings. The van der Waals surface area contributed by atoms with Gasteiger partial charge in [-0.15, -0.1) is 0 Å². The Balaban J connectivity index is 1.73. The first-order valence-electron chi connectivity index (χ1n) is 7.21. The Kier molecular flexibility index (Phi) is 4.36. The Bertz CT molecular complexity index is 592. The molecule has 1 unspecified atom stereocenters. The number of benzene rings is 1. The van der Waals surface area contributed by atoms with Crippen LogP contribution in [0.5, 0.6) is 0 Å². The molecule has 1 aromatic heterocycles. The highest BCUT2D eigenvalue weighted by molar-refractivity contribution is 7.07. The summed E-state index contributed by atoms with van der Waals surface area (Å²) < 4.78 is 4.73. The maximum Gasteiger partial charge on any atom is 0.337 e. The molecule has 3 rings (SSSR count). The summed E-state index contributed by atoms with van der Waals surface area (Å²) in [6.45, 7) is 1.03. The summed E-state index contributed by atoms with van der Waals surface area (Å²) in [6.07, 6.45) is 2.29. The van der Waals surface area contributed by atoms with Crippen LogP contribution in [0.1, 0.15) is 46.3 Å². The lowest BCUT2D eigenvalue weighted by molar-refractivity contribution is 0.0600. The predicted molar refractivity (Wildman–Crippen MR) is 84.8 cm³/mol. The summed E-state index contributed by atoms with van der Waals surface area (Å²) in [5, 5.41) is 7.98. The summed E-state index contributed by atoms with van der Waals surface area (Å²) in [5.74, 6) is 0.345. The first-order chi connectivity index (χ1) is 10.3. The molecular formula is C17H19NO2S. The van der Waals surface area contributed by atoms with Crippen molar-refractivity contribution in [2.24, 2.45) is 0 Å². The number of carbonyl (C=O) groups is 1. The summed E-state index contributed by atoms with van der Waals surface area (Å²) in [5.41, 5.74) is 3.30. The number of thiophene rings is 1. The Morgan fingerprint density at radius 1 is 1.24 bits per heavy atom. The van der Waals surface area contributed by atoms with E-state index in [-0.39, 0.29) is 5.97 Å². The molecule has 21 heavy (non-hydrogen) atoms. The number of esters is 1. The van der Waals surface area contributed by atoms with E-state index in [1.165, 1.54) is 24.7 Å². The fraction of sp³-hybridized carbons (Fsp3) is 0.353. The van der Waals surface area contributed by atoms with Crippen LogP contribution in [0.2, 0.25) is 0 Å². The first-order valence-corrected chi connectivity index (χ1v) is 8.16. The minimum Gasteiger partial charge on any atom is -0.465 e. The minimum atomic E-state index is -0.283. The van der Waals surface area contributed by atoms with Crippen LogP contribution < -0.4 is 5.32 Å². The standard InChI is InChI=1S/C17H19NO2S/c1-20-17(19)13-4-2-12(3-5-13)16-10-14(6-8-18-16)15-7-9-21-11-15/h2-5,7,9,11,14,16,18H,6,8,10H2,1H3/t14?,16-/m0/s1. The third-order valence-corrected chi connectivity index (χ3v) is 4.85. The number of hydrogen-bond acceptors (Lipinski definition) is 4. The average molecular weight is 301 g/mol. The van der Waals surface area contributed by atoms with Gasteiger partial charge in [-0.3, -0.25) is 0 Å². The second-order valence-corrected chi connectivity index (χ2v) is 6.18. The van der Waals surface area contributed by atoms with E-state index in [0.717, 1.165) is 13.0 Å². The van der Waals surface area contributed by atoms with Gasteiger partial charge in [0.15, 0.2) is 0 Å². The zero-order chi connectivity index (χ0) is 14.7. The van der Waals surface area contributed by atoms with Gasteiger partial charge in [-0.2, -0.15) is 11.3 Å². The van der Waals surface area contributed by atoms with Crippen LogP contribution in [-0.4, -0.2) is 19.6 Å². The van der Waals surface area contributed by atoms with Crippen LogP contribution in [0.4, 0.5) is 0 Å². The van der Waals surface area contributed by atoms with Gasteiger partial charge in [-0.1, -0.05) is 12.1 Å². The van der Waals surface area contributed by atoms with E-state index in [9.17, 15) is 4.79 Å². The van der Waals surface area contributed by atoms with Crippen molar-refractivity contribution in [3.63, 3.8) is 0 Å². The highest BCUT2D eigenvalue weighted by Gasteiger charge is 2.24. The quantitative estimate of drug-likeness (QED) is 0.878. The van der Waals surface area contributed by atoms with Crippen LogP contribution in [0.15, 0.2) is 41.1 Å². The molecule has 1 aliphatic heterocycles. The van der Waals surface area contributed by atoms with Crippen LogP contribution in [-0.2, 0) is 4.74 Å². The maximum absolute atomic E-state index is 11.5. The molecule has 110 valence electrons. The zero-order valence-corrected chi connectivity index (χ0v) is 12.9. The Morgan fingerprint density at radius 3 is 2.71 bits per heavy atom. The summed E-state index contributed by atoms with van der Waals surface area (Å²) in [6, 6.07) is 10.3. The number of nitrogens with one attached hydrogen (secondary N) is 1. The van der Waals surface area contributed by atoms with Crippen molar-refractivity contribution in [2.75, 3.05) is 13.7 Å². The Labute approximate surface area is 129 Å². The largest absolute Gasteiger partial charge is 0.465 e. The number of rotatable bonds is 3. The van der Waals surface area contributed by atoms with Gasteiger partial charge in [-0.25, -0.2) is 4.79 Å². The van der Waals surface area contributed by atoms with Crippen molar-refractivity contribution >= 4 is 17.3 Å². The number of carbonyl (C=O) groups excluding carboxylic acids is 1. The number of methoxy groups -OCH3 is 1. The molecular weight excluding hydrogens is 282 g/mol. The van der Waals surface area contributed by atoms with Crippen LogP contribution in [0, 0.1) is 0 Å². The molecule has 0 bridgehead atoms. The van der Waals surface area contributed by atoms with Crippen molar-refractivity contribution in [3.05, 3.63) is 57.8 Å². The van der Waals surface area contributed by atoms with Gasteiger partial charge in [0.05, 0.1) is 12.7 Å². The Hall–Kier alpha value is -1.65. The van der Waals surface area contributed by atoms with Gasteiger partial charge in [-0.05, 0) is 65.4 Å². The molecule has 1 fully saturated rings. The van der Waals surface area contributed by atoms with Crippen molar-refractivity contribution in [1.82, 2.24) is 5.32 Å². The lowest BCUT2D eigenvalue weighted by Gasteiger charge is -2.30. The lowest BCUT2D eigenvalue weighted by atomic mass is 9.85. The summed E-state index contributed by atoms with van der Waals surface area (Å²) >= 11 is 1.77. The van der Waals surface area contributed by atoms with Gasteiger partial charge in [0, 0.05) is 6.04 Å². The normalized spacial score (nSPS) is 22.0. The Morgan fingerprint density at radius 2 is 2.05 bits per heavy atom. The third-order valence-electron chi connectivity index (χ3n) is 4.15. The molecule has 2 heterocycles. The van der Waals surface area contributed by atoms with Crippen molar-refractivity contribution in [3.8, 4) is 0 Å². The van der Waals surface area contributed by atoms with Crippen molar-refractivity contribution in [2.45, 2.75) is 24.8 Å². The molecule has 3 nitrogen and oxygen atoms in total.